The number of aromatic nitrogens is 2. The molecule has 0 radical (unpaired) electrons. The Kier molecular flexibility index (Phi) is 3.86. The highest BCUT2D eigenvalue weighted by atomic mass is 32.2. The molecule has 0 aromatic carbocycles. The fourth-order valence-electron chi connectivity index (χ4n) is 1.75. The summed E-state index contributed by atoms with van der Waals surface area (Å²) in [4.78, 5) is 8.06. The second-order valence-corrected chi connectivity index (χ2v) is 5.98. The molecule has 0 aliphatic rings. The lowest BCUT2D eigenvalue weighted by Crippen LogP contribution is -2.16. The van der Waals surface area contributed by atoms with Gasteiger partial charge < -0.3 is 5.43 Å². The molecule has 0 saturated heterocycles. The molecule has 0 atom stereocenters. The van der Waals surface area contributed by atoms with Crippen LogP contribution in [0.5, 0.6) is 0 Å². The van der Waals surface area contributed by atoms with E-state index in [2.05, 4.69) is 20.1 Å². The summed E-state index contributed by atoms with van der Waals surface area (Å²) in [7, 11) is -3.73. The van der Waals surface area contributed by atoms with Crippen molar-refractivity contribution >= 4 is 21.7 Å². The van der Waals surface area contributed by atoms with Crippen molar-refractivity contribution in [3.63, 3.8) is 0 Å². The second-order valence-electron chi connectivity index (χ2n) is 4.30. The first-order valence-corrected chi connectivity index (χ1v) is 7.30. The van der Waals surface area contributed by atoms with Crippen LogP contribution in [0.25, 0.3) is 0 Å². The topological polar surface area (TPSA) is 110 Å². The maximum Gasteiger partial charge on any atom is 0.263 e. The van der Waals surface area contributed by atoms with Crippen LogP contribution in [0.2, 0.25) is 0 Å². The van der Waals surface area contributed by atoms with E-state index >= 15 is 0 Å². The zero-order valence-corrected chi connectivity index (χ0v) is 11.9. The molecular formula is C12H15N5O2S. The molecule has 2 aromatic heterocycles. The quantitative estimate of drug-likeness (QED) is 0.577. The molecule has 7 nitrogen and oxygen atoms in total. The molecule has 4 N–H and O–H groups in total. The van der Waals surface area contributed by atoms with Gasteiger partial charge in [0.25, 0.3) is 10.0 Å². The highest BCUT2D eigenvalue weighted by Crippen LogP contribution is 2.17. The van der Waals surface area contributed by atoms with Crippen molar-refractivity contribution < 1.29 is 8.42 Å². The van der Waals surface area contributed by atoms with E-state index in [4.69, 9.17) is 5.84 Å². The normalized spacial score (nSPS) is 11.2. The molecule has 0 unspecified atom stereocenters. The van der Waals surface area contributed by atoms with Crippen LogP contribution in [0.15, 0.2) is 35.4 Å². The smallest absolute Gasteiger partial charge is 0.263 e. The van der Waals surface area contributed by atoms with E-state index in [-0.39, 0.29) is 16.5 Å². The third-order valence-corrected chi connectivity index (χ3v) is 3.88. The summed E-state index contributed by atoms with van der Waals surface area (Å²) in [6, 6.07) is 6.24. The monoisotopic (exact) mass is 293 g/mol. The van der Waals surface area contributed by atoms with Gasteiger partial charge in [0.15, 0.2) is 0 Å². The van der Waals surface area contributed by atoms with E-state index in [9.17, 15) is 8.42 Å². The highest BCUT2D eigenvalue weighted by molar-refractivity contribution is 7.92. The predicted molar refractivity (Wildman–Crippen MR) is 76.6 cm³/mol. The number of sulfonamides is 1. The van der Waals surface area contributed by atoms with Crippen molar-refractivity contribution in [2.24, 2.45) is 5.84 Å². The zero-order valence-electron chi connectivity index (χ0n) is 11.1. The highest BCUT2D eigenvalue weighted by Gasteiger charge is 2.16. The van der Waals surface area contributed by atoms with Gasteiger partial charge in [-0.25, -0.2) is 24.2 Å². The molecule has 2 aromatic rings. The molecule has 0 spiro atoms. The maximum atomic E-state index is 12.2. The van der Waals surface area contributed by atoms with E-state index in [1.807, 2.05) is 13.0 Å². The number of pyridine rings is 2. The number of rotatable bonds is 4. The van der Waals surface area contributed by atoms with Crippen LogP contribution in [-0.2, 0) is 10.0 Å². The minimum absolute atomic E-state index is 0.0569. The minimum atomic E-state index is -3.73. The molecule has 0 aliphatic carbocycles. The minimum Gasteiger partial charge on any atom is -0.308 e. The van der Waals surface area contributed by atoms with Crippen LogP contribution in [-0.4, -0.2) is 18.4 Å². The Bertz CT molecular complexity index is 710. The van der Waals surface area contributed by atoms with Crippen LogP contribution < -0.4 is 16.0 Å². The number of anilines is 2. The number of nitrogen functional groups attached to an aromatic ring is 1. The van der Waals surface area contributed by atoms with Crippen molar-refractivity contribution in [2.75, 3.05) is 10.1 Å². The van der Waals surface area contributed by atoms with Gasteiger partial charge in [0.1, 0.15) is 11.6 Å². The Labute approximate surface area is 117 Å². The standard InChI is InChI=1S/C12H15N5O2S/c1-8-5-9(2)15-12(6-8)17-20(18,19)10-3-4-14-11(7-10)16-13/h3-7H,13H2,1-2H3,(H,14,16)(H,15,17). The van der Waals surface area contributed by atoms with Gasteiger partial charge in [0, 0.05) is 18.0 Å². The van der Waals surface area contributed by atoms with Gasteiger partial charge in [-0.2, -0.15) is 0 Å². The molecule has 0 saturated carbocycles. The van der Waals surface area contributed by atoms with E-state index in [0.29, 0.717) is 0 Å². The van der Waals surface area contributed by atoms with Crippen molar-refractivity contribution in [1.82, 2.24) is 9.97 Å². The van der Waals surface area contributed by atoms with E-state index in [1.54, 1.807) is 13.0 Å². The van der Waals surface area contributed by atoms with Crippen molar-refractivity contribution in [3.05, 3.63) is 41.7 Å². The van der Waals surface area contributed by atoms with Crippen molar-refractivity contribution in [2.45, 2.75) is 18.7 Å². The predicted octanol–water partition coefficient (Wildman–Crippen LogP) is 1.18. The number of nitrogens with two attached hydrogens (primary N) is 1. The number of aryl methyl sites for hydroxylation is 2. The van der Waals surface area contributed by atoms with Gasteiger partial charge in [0.05, 0.1) is 4.90 Å². The average molecular weight is 293 g/mol. The summed E-state index contributed by atoms with van der Waals surface area (Å²) in [6.45, 7) is 3.67. The SMILES string of the molecule is Cc1cc(C)nc(NS(=O)(=O)c2ccnc(NN)c2)c1. The third kappa shape index (κ3) is 3.22. The van der Waals surface area contributed by atoms with Gasteiger partial charge >= 0.3 is 0 Å². The lowest BCUT2D eigenvalue weighted by atomic mass is 10.2. The fourth-order valence-corrected chi connectivity index (χ4v) is 2.75. The number of nitrogens with zero attached hydrogens (tertiary/aromatic N) is 2. The van der Waals surface area contributed by atoms with Crippen LogP contribution >= 0.6 is 0 Å². The van der Waals surface area contributed by atoms with Gasteiger partial charge in [-0.1, -0.05) is 0 Å². The molecule has 0 fully saturated rings. The van der Waals surface area contributed by atoms with Crippen LogP contribution in [0.4, 0.5) is 11.6 Å². The first-order valence-electron chi connectivity index (χ1n) is 5.81. The Morgan fingerprint density at radius 1 is 1.15 bits per heavy atom. The molecule has 20 heavy (non-hydrogen) atoms. The molecule has 0 bridgehead atoms. The molecule has 106 valence electrons. The van der Waals surface area contributed by atoms with E-state index in [0.717, 1.165) is 11.3 Å². The third-order valence-electron chi connectivity index (χ3n) is 2.53. The Morgan fingerprint density at radius 3 is 2.55 bits per heavy atom. The summed E-state index contributed by atoms with van der Waals surface area (Å²) < 4.78 is 26.9. The van der Waals surface area contributed by atoms with Crippen molar-refractivity contribution in [1.29, 1.82) is 0 Å². The van der Waals surface area contributed by atoms with Gasteiger partial charge in [-0.3, -0.25) is 4.72 Å². The summed E-state index contributed by atoms with van der Waals surface area (Å²) >= 11 is 0. The van der Waals surface area contributed by atoms with E-state index in [1.165, 1.54) is 18.3 Å². The summed E-state index contributed by atoms with van der Waals surface area (Å²) in [5.41, 5.74) is 3.97. The summed E-state index contributed by atoms with van der Waals surface area (Å²) in [6.07, 6.45) is 1.36. The lowest BCUT2D eigenvalue weighted by molar-refractivity contribution is 0.601. The van der Waals surface area contributed by atoms with E-state index < -0.39 is 10.0 Å². The summed E-state index contributed by atoms with van der Waals surface area (Å²) in [5.74, 6) is 5.76. The Balaban J connectivity index is 2.35. The van der Waals surface area contributed by atoms with Crippen LogP contribution in [0, 0.1) is 13.8 Å². The van der Waals surface area contributed by atoms with Crippen LogP contribution in [0.3, 0.4) is 0 Å². The number of hydrogen-bond acceptors (Lipinski definition) is 6. The van der Waals surface area contributed by atoms with Crippen molar-refractivity contribution in [3.8, 4) is 0 Å². The molecule has 2 rings (SSSR count). The molecule has 0 aliphatic heterocycles. The molecular weight excluding hydrogens is 278 g/mol. The molecule has 2 heterocycles. The molecule has 0 amide bonds. The number of hydrogen-bond donors (Lipinski definition) is 3. The summed E-state index contributed by atoms with van der Waals surface area (Å²) in [5, 5.41) is 0. The lowest BCUT2D eigenvalue weighted by Gasteiger charge is -2.09. The number of hydrazine groups is 1. The fraction of sp³-hybridized carbons (Fsp3) is 0.167. The Hall–Kier alpha value is -2.19. The first-order chi connectivity index (χ1) is 9.40. The first kappa shape index (κ1) is 14.2. The van der Waals surface area contributed by atoms with Gasteiger partial charge in [-0.15, -0.1) is 0 Å². The largest absolute Gasteiger partial charge is 0.308 e. The zero-order chi connectivity index (χ0) is 14.8. The number of nitrogens with one attached hydrogen (secondary N) is 2. The second kappa shape index (κ2) is 5.43. The van der Waals surface area contributed by atoms with Gasteiger partial charge in [0.2, 0.25) is 0 Å². The Morgan fingerprint density at radius 2 is 1.90 bits per heavy atom. The van der Waals surface area contributed by atoms with Crippen LogP contribution in [0.1, 0.15) is 11.3 Å². The molecule has 8 heteroatoms. The maximum absolute atomic E-state index is 12.2. The average Bonchev–Trinajstić information content (AvgIpc) is 2.37. The van der Waals surface area contributed by atoms with Gasteiger partial charge in [-0.05, 0) is 37.6 Å².